The third-order valence-corrected chi connectivity index (χ3v) is 19.5. The summed E-state index contributed by atoms with van der Waals surface area (Å²) in [6, 6.07) is 0. The summed E-state index contributed by atoms with van der Waals surface area (Å²) in [5, 5.41) is 10.6. The molecule has 0 rings (SSSR count). The molecule has 552 valence electrons. The second kappa shape index (κ2) is 66.0. The van der Waals surface area contributed by atoms with E-state index in [2.05, 4.69) is 41.5 Å². The maximum absolute atomic E-state index is 13.1. The van der Waals surface area contributed by atoms with E-state index in [-0.39, 0.29) is 25.7 Å². The molecule has 0 aliphatic heterocycles. The van der Waals surface area contributed by atoms with Crippen molar-refractivity contribution < 1.29 is 80.2 Å². The van der Waals surface area contributed by atoms with Gasteiger partial charge < -0.3 is 33.8 Å². The Bertz CT molecular complexity index is 1810. The molecule has 3 unspecified atom stereocenters. The predicted octanol–water partition coefficient (Wildman–Crippen LogP) is 21.6. The Balaban J connectivity index is 5.15. The Hall–Kier alpha value is -1.94. The number of hydrogen-bond donors (Lipinski definition) is 3. The zero-order valence-electron chi connectivity index (χ0n) is 60.6. The molecule has 3 N–H and O–H groups in total. The van der Waals surface area contributed by atoms with Crippen LogP contribution in [0.3, 0.4) is 0 Å². The van der Waals surface area contributed by atoms with E-state index in [1.54, 1.807) is 0 Å². The summed E-state index contributed by atoms with van der Waals surface area (Å²) in [6.07, 6.45) is 53.1. The highest BCUT2D eigenvalue weighted by molar-refractivity contribution is 7.47. The van der Waals surface area contributed by atoms with Crippen molar-refractivity contribution in [2.45, 2.75) is 400 Å². The van der Waals surface area contributed by atoms with Gasteiger partial charge in [0.2, 0.25) is 0 Å². The number of unbranched alkanes of at least 4 members (excludes halogenated alkanes) is 42. The molecule has 0 aliphatic rings. The van der Waals surface area contributed by atoms with Gasteiger partial charge in [0.05, 0.1) is 26.4 Å². The first-order chi connectivity index (χ1) is 44.9. The first-order valence-electron chi connectivity index (χ1n) is 38.5. The monoisotopic (exact) mass is 1370 g/mol. The fraction of sp³-hybridized carbons (Fsp3) is 0.946. The van der Waals surface area contributed by atoms with E-state index < -0.39 is 97.5 Å². The first-order valence-corrected chi connectivity index (χ1v) is 41.5. The highest BCUT2D eigenvalue weighted by Gasteiger charge is 2.30. The number of hydrogen-bond acceptors (Lipinski definition) is 15. The van der Waals surface area contributed by atoms with Crippen molar-refractivity contribution in [1.82, 2.24) is 0 Å². The van der Waals surface area contributed by atoms with Gasteiger partial charge in [-0.1, -0.05) is 330 Å². The summed E-state index contributed by atoms with van der Waals surface area (Å²) >= 11 is 0. The lowest BCUT2D eigenvalue weighted by atomic mass is 9.99. The summed E-state index contributed by atoms with van der Waals surface area (Å²) in [7, 11) is -9.90. The summed E-state index contributed by atoms with van der Waals surface area (Å²) in [6.45, 7) is 9.48. The van der Waals surface area contributed by atoms with Gasteiger partial charge in [0.1, 0.15) is 19.3 Å². The summed E-state index contributed by atoms with van der Waals surface area (Å²) in [4.78, 5) is 72.6. The lowest BCUT2D eigenvalue weighted by Crippen LogP contribution is -2.30. The topological polar surface area (TPSA) is 237 Å². The number of carbonyl (C=O) groups is 4. The molecule has 6 atom stereocenters. The van der Waals surface area contributed by atoms with E-state index in [0.29, 0.717) is 31.6 Å². The standard InChI is InChI=1S/C74H144O17P2/c1-7-10-12-14-16-18-20-21-22-23-24-25-26-27-28-29-30-31-33-39-47-53-59-74(79)90-69(62-84-71(76)56-50-44-37-35-34-36-43-49-55-67(6)9-3)64-88-92(80,81)86-60-68(75)61-87-93(82,83)89-65-70(63-85-72(77)57-51-45-41-40-42-48-54-66(4)5)91-73(78)58-52-46-38-32-19-17-15-13-11-8-2/h66-70,75H,7-65H2,1-6H3,(H,80,81)(H,82,83)/t67?,68-,69-,70-/m1/s1. The number of aliphatic hydroxyl groups is 1. The quantitative estimate of drug-likeness (QED) is 0.0222. The molecule has 0 aliphatic carbocycles. The molecule has 0 bridgehead atoms. The third-order valence-electron chi connectivity index (χ3n) is 17.6. The van der Waals surface area contributed by atoms with Crippen molar-refractivity contribution in [3.63, 3.8) is 0 Å². The van der Waals surface area contributed by atoms with Crippen molar-refractivity contribution in [2.75, 3.05) is 39.6 Å². The minimum Gasteiger partial charge on any atom is -0.462 e. The van der Waals surface area contributed by atoms with Crippen molar-refractivity contribution in [1.29, 1.82) is 0 Å². The molecule has 0 saturated heterocycles. The molecule has 0 aromatic rings. The lowest BCUT2D eigenvalue weighted by Gasteiger charge is -2.21. The molecule has 0 saturated carbocycles. The van der Waals surface area contributed by atoms with Crippen LogP contribution < -0.4 is 0 Å². The first kappa shape index (κ1) is 91.1. The fourth-order valence-corrected chi connectivity index (χ4v) is 12.8. The van der Waals surface area contributed by atoms with Crippen LogP contribution in [-0.4, -0.2) is 96.7 Å². The van der Waals surface area contributed by atoms with Gasteiger partial charge in [-0.2, -0.15) is 0 Å². The van der Waals surface area contributed by atoms with E-state index in [0.717, 1.165) is 102 Å². The Morgan fingerprint density at radius 3 is 0.817 bits per heavy atom. The number of phosphoric ester groups is 2. The van der Waals surface area contributed by atoms with Crippen LogP contribution in [0.15, 0.2) is 0 Å². The van der Waals surface area contributed by atoms with Gasteiger partial charge in [0, 0.05) is 25.7 Å². The molecule has 0 fully saturated rings. The molecule has 17 nitrogen and oxygen atoms in total. The zero-order chi connectivity index (χ0) is 68.6. The Morgan fingerprint density at radius 1 is 0.312 bits per heavy atom. The third kappa shape index (κ3) is 67.0. The maximum atomic E-state index is 13.1. The van der Waals surface area contributed by atoms with Gasteiger partial charge in [0.15, 0.2) is 12.2 Å². The molecule has 0 aromatic carbocycles. The van der Waals surface area contributed by atoms with Crippen LogP contribution in [0.2, 0.25) is 0 Å². The number of ether oxygens (including phenoxy) is 4. The molecule has 19 heteroatoms. The number of rotatable bonds is 73. The van der Waals surface area contributed by atoms with Crippen LogP contribution in [0.25, 0.3) is 0 Å². The minimum absolute atomic E-state index is 0.105. The zero-order valence-corrected chi connectivity index (χ0v) is 62.3. The number of esters is 4. The molecule has 0 aromatic heterocycles. The molecule has 0 heterocycles. The van der Waals surface area contributed by atoms with Crippen molar-refractivity contribution in [3.05, 3.63) is 0 Å². The number of carbonyl (C=O) groups excluding carboxylic acids is 4. The Morgan fingerprint density at radius 2 is 0.548 bits per heavy atom. The Kier molecular flexibility index (Phi) is 64.6. The van der Waals surface area contributed by atoms with Crippen LogP contribution >= 0.6 is 15.6 Å². The SMILES string of the molecule is CCCCCCCCCCCCCCCCCCCCCCCCC(=O)O[C@H](COC(=O)CCCCCCCCCCC(C)CC)COP(=O)(O)OC[C@@H](O)COP(=O)(O)OC[C@@H](COC(=O)CCCCCCCCC(C)C)OC(=O)CCCCCCCCCCCC. The van der Waals surface area contributed by atoms with Gasteiger partial charge in [-0.25, -0.2) is 9.13 Å². The van der Waals surface area contributed by atoms with Gasteiger partial charge in [0.25, 0.3) is 0 Å². The summed E-state index contributed by atoms with van der Waals surface area (Å²) in [5.74, 6) is -0.667. The molecule has 0 spiro atoms. The van der Waals surface area contributed by atoms with Gasteiger partial charge >= 0.3 is 39.5 Å². The molecule has 0 radical (unpaired) electrons. The van der Waals surface area contributed by atoms with E-state index in [1.807, 2.05) is 0 Å². The second-order valence-electron chi connectivity index (χ2n) is 27.4. The van der Waals surface area contributed by atoms with E-state index >= 15 is 0 Å². The van der Waals surface area contributed by atoms with Crippen molar-refractivity contribution >= 4 is 39.5 Å². The smallest absolute Gasteiger partial charge is 0.462 e. The van der Waals surface area contributed by atoms with Crippen LogP contribution in [0.4, 0.5) is 0 Å². The van der Waals surface area contributed by atoms with E-state index in [4.69, 9.17) is 37.0 Å². The lowest BCUT2D eigenvalue weighted by molar-refractivity contribution is -0.161. The fourth-order valence-electron chi connectivity index (χ4n) is 11.3. The predicted molar refractivity (Wildman–Crippen MR) is 377 cm³/mol. The highest BCUT2D eigenvalue weighted by Crippen LogP contribution is 2.45. The van der Waals surface area contributed by atoms with E-state index in [9.17, 15) is 43.2 Å². The summed E-state index contributed by atoms with van der Waals surface area (Å²) in [5.41, 5.74) is 0. The average Bonchev–Trinajstić information content (AvgIpc) is 2.89. The normalized spacial score (nSPS) is 14.3. The largest absolute Gasteiger partial charge is 0.472 e. The highest BCUT2D eigenvalue weighted by atomic mass is 31.2. The number of phosphoric acid groups is 2. The molecular formula is C74H144O17P2. The maximum Gasteiger partial charge on any atom is 0.472 e. The number of aliphatic hydroxyl groups excluding tert-OH is 1. The van der Waals surface area contributed by atoms with Crippen LogP contribution in [0.5, 0.6) is 0 Å². The summed E-state index contributed by atoms with van der Waals surface area (Å²) < 4.78 is 68.3. The van der Waals surface area contributed by atoms with Gasteiger partial charge in [-0.15, -0.1) is 0 Å². The van der Waals surface area contributed by atoms with Crippen LogP contribution in [-0.2, 0) is 65.4 Å². The Labute approximate surface area is 568 Å². The van der Waals surface area contributed by atoms with Gasteiger partial charge in [-0.05, 0) is 37.5 Å². The molecule has 93 heavy (non-hydrogen) atoms. The van der Waals surface area contributed by atoms with Gasteiger partial charge in [-0.3, -0.25) is 37.3 Å². The molecule has 0 amide bonds. The van der Waals surface area contributed by atoms with Crippen LogP contribution in [0.1, 0.15) is 382 Å². The van der Waals surface area contributed by atoms with Crippen LogP contribution in [0, 0.1) is 11.8 Å². The molecular weight excluding hydrogens is 1220 g/mol. The van der Waals surface area contributed by atoms with Crippen molar-refractivity contribution in [2.24, 2.45) is 11.8 Å². The second-order valence-corrected chi connectivity index (χ2v) is 30.3. The van der Waals surface area contributed by atoms with E-state index in [1.165, 1.54) is 193 Å². The minimum atomic E-state index is -4.95. The average molecular weight is 1370 g/mol. The van der Waals surface area contributed by atoms with Crippen molar-refractivity contribution in [3.8, 4) is 0 Å².